The number of ether oxygens (including phenoxy) is 3. The molecule has 2 rings (SSSR count). The molecule has 0 bridgehead atoms. The van der Waals surface area contributed by atoms with E-state index in [9.17, 15) is 4.79 Å². The molecule has 100 valence electrons. The minimum atomic E-state index is -0.380. The first-order valence-corrected chi connectivity index (χ1v) is 5.85. The van der Waals surface area contributed by atoms with E-state index in [-0.39, 0.29) is 5.97 Å². The molecular formula is C14H15NO4. The number of carbonyl (C=O) groups is 1. The molecule has 19 heavy (non-hydrogen) atoms. The summed E-state index contributed by atoms with van der Waals surface area (Å²) in [5, 5.41) is 0.853. The average Bonchev–Trinajstić information content (AvgIpc) is 2.46. The van der Waals surface area contributed by atoms with E-state index in [0.29, 0.717) is 24.3 Å². The van der Waals surface area contributed by atoms with Gasteiger partial charge in [0.1, 0.15) is 12.4 Å². The highest BCUT2D eigenvalue weighted by molar-refractivity contribution is 5.95. The number of rotatable bonds is 5. The van der Waals surface area contributed by atoms with Gasteiger partial charge in [-0.1, -0.05) is 0 Å². The number of carbonyl (C=O) groups excluding carboxylic acids is 1. The van der Waals surface area contributed by atoms with Crippen molar-refractivity contribution in [2.75, 3.05) is 27.4 Å². The number of aromatic nitrogens is 1. The van der Waals surface area contributed by atoms with Crippen LogP contribution in [0.5, 0.6) is 5.75 Å². The molecule has 0 aliphatic carbocycles. The lowest BCUT2D eigenvalue weighted by molar-refractivity contribution is 0.0601. The molecule has 0 fully saturated rings. The summed E-state index contributed by atoms with van der Waals surface area (Å²) in [4.78, 5) is 15.7. The maximum Gasteiger partial charge on any atom is 0.337 e. The molecule has 0 N–H and O–H groups in total. The summed E-state index contributed by atoms with van der Waals surface area (Å²) in [6.07, 6.45) is 1.64. The Bertz CT molecular complexity index is 583. The van der Waals surface area contributed by atoms with Crippen molar-refractivity contribution in [1.82, 2.24) is 4.98 Å². The van der Waals surface area contributed by atoms with E-state index in [1.807, 2.05) is 0 Å². The molecule has 0 atom stereocenters. The molecule has 0 saturated carbocycles. The maximum absolute atomic E-state index is 11.5. The SMILES string of the molecule is COCCOc1ccnc2cc(C(=O)OC)ccc12. The lowest BCUT2D eigenvalue weighted by Gasteiger charge is -2.09. The highest BCUT2D eigenvalue weighted by Gasteiger charge is 2.09. The van der Waals surface area contributed by atoms with Crippen LogP contribution < -0.4 is 4.74 Å². The van der Waals surface area contributed by atoms with Crippen LogP contribution in [-0.4, -0.2) is 38.4 Å². The van der Waals surface area contributed by atoms with Crippen molar-refractivity contribution in [3.8, 4) is 5.75 Å². The van der Waals surface area contributed by atoms with Crippen molar-refractivity contribution in [3.05, 3.63) is 36.0 Å². The highest BCUT2D eigenvalue weighted by Crippen LogP contribution is 2.24. The van der Waals surface area contributed by atoms with Gasteiger partial charge in [0, 0.05) is 18.7 Å². The summed E-state index contributed by atoms with van der Waals surface area (Å²) in [7, 11) is 2.97. The molecule has 0 unspecified atom stereocenters. The van der Waals surface area contributed by atoms with Crippen LogP contribution in [0, 0.1) is 0 Å². The summed E-state index contributed by atoms with van der Waals surface area (Å²) in [5.41, 5.74) is 1.16. The molecule has 0 aliphatic heterocycles. The number of hydrogen-bond acceptors (Lipinski definition) is 5. The van der Waals surface area contributed by atoms with E-state index in [4.69, 9.17) is 9.47 Å². The van der Waals surface area contributed by atoms with Crippen LogP contribution in [0.3, 0.4) is 0 Å². The van der Waals surface area contributed by atoms with Crippen LogP contribution in [0.1, 0.15) is 10.4 Å². The summed E-state index contributed by atoms with van der Waals surface area (Å²) in [6, 6.07) is 6.97. The van der Waals surface area contributed by atoms with E-state index >= 15 is 0 Å². The van der Waals surface area contributed by atoms with Gasteiger partial charge < -0.3 is 14.2 Å². The third-order valence-electron chi connectivity index (χ3n) is 2.67. The largest absolute Gasteiger partial charge is 0.490 e. The smallest absolute Gasteiger partial charge is 0.337 e. The van der Waals surface area contributed by atoms with E-state index in [1.54, 1.807) is 37.6 Å². The van der Waals surface area contributed by atoms with E-state index < -0.39 is 0 Å². The maximum atomic E-state index is 11.5. The summed E-state index contributed by atoms with van der Waals surface area (Å²) >= 11 is 0. The fourth-order valence-corrected chi connectivity index (χ4v) is 1.73. The molecule has 0 radical (unpaired) electrons. The Kier molecular flexibility index (Phi) is 4.30. The zero-order valence-corrected chi connectivity index (χ0v) is 10.9. The normalized spacial score (nSPS) is 10.4. The van der Waals surface area contributed by atoms with Crippen molar-refractivity contribution < 1.29 is 19.0 Å². The first-order valence-electron chi connectivity index (χ1n) is 5.85. The molecular weight excluding hydrogens is 246 g/mol. The van der Waals surface area contributed by atoms with E-state index in [2.05, 4.69) is 9.72 Å². The number of esters is 1. The van der Waals surface area contributed by atoms with Crippen LogP contribution in [-0.2, 0) is 9.47 Å². The molecule has 1 aromatic carbocycles. The first kappa shape index (κ1) is 13.3. The molecule has 1 heterocycles. The molecule has 0 aliphatic rings. The Labute approximate surface area is 111 Å². The Morgan fingerprint density at radius 3 is 2.79 bits per heavy atom. The van der Waals surface area contributed by atoms with Gasteiger partial charge in [-0.3, -0.25) is 4.98 Å². The van der Waals surface area contributed by atoms with Crippen molar-refractivity contribution in [2.45, 2.75) is 0 Å². The third kappa shape index (κ3) is 3.00. The van der Waals surface area contributed by atoms with Gasteiger partial charge in [0.25, 0.3) is 0 Å². The Hall–Kier alpha value is -2.14. The number of nitrogens with zero attached hydrogens (tertiary/aromatic N) is 1. The minimum absolute atomic E-state index is 0.380. The van der Waals surface area contributed by atoms with Gasteiger partial charge in [0.15, 0.2) is 0 Å². The lowest BCUT2D eigenvalue weighted by atomic mass is 10.1. The molecule has 0 amide bonds. The van der Waals surface area contributed by atoms with E-state index in [0.717, 1.165) is 11.1 Å². The monoisotopic (exact) mass is 261 g/mol. The topological polar surface area (TPSA) is 57.7 Å². The highest BCUT2D eigenvalue weighted by atomic mass is 16.5. The van der Waals surface area contributed by atoms with Gasteiger partial charge in [0.05, 0.1) is 24.8 Å². The molecule has 1 aromatic heterocycles. The van der Waals surface area contributed by atoms with Crippen molar-refractivity contribution in [3.63, 3.8) is 0 Å². The summed E-state index contributed by atoms with van der Waals surface area (Å²) < 4.78 is 15.2. The van der Waals surface area contributed by atoms with Crippen molar-refractivity contribution >= 4 is 16.9 Å². The lowest BCUT2D eigenvalue weighted by Crippen LogP contribution is -2.05. The second-order valence-electron chi connectivity index (χ2n) is 3.87. The molecule has 2 aromatic rings. The van der Waals surface area contributed by atoms with Gasteiger partial charge in [-0.2, -0.15) is 0 Å². The first-order chi connectivity index (χ1) is 9.26. The van der Waals surface area contributed by atoms with Crippen LogP contribution >= 0.6 is 0 Å². The fraction of sp³-hybridized carbons (Fsp3) is 0.286. The van der Waals surface area contributed by atoms with Gasteiger partial charge in [-0.15, -0.1) is 0 Å². The second kappa shape index (κ2) is 6.15. The number of pyridine rings is 1. The van der Waals surface area contributed by atoms with Crippen molar-refractivity contribution in [1.29, 1.82) is 0 Å². The average molecular weight is 261 g/mol. The second-order valence-corrected chi connectivity index (χ2v) is 3.87. The fourth-order valence-electron chi connectivity index (χ4n) is 1.73. The Morgan fingerprint density at radius 2 is 2.05 bits per heavy atom. The van der Waals surface area contributed by atoms with Crippen LogP contribution in [0.25, 0.3) is 10.9 Å². The van der Waals surface area contributed by atoms with Gasteiger partial charge in [-0.25, -0.2) is 4.79 Å². The van der Waals surface area contributed by atoms with Crippen LogP contribution in [0.15, 0.2) is 30.5 Å². The van der Waals surface area contributed by atoms with Gasteiger partial charge >= 0.3 is 5.97 Å². The quantitative estimate of drug-likeness (QED) is 0.609. The Morgan fingerprint density at radius 1 is 1.21 bits per heavy atom. The zero-order chi connectivity index (χ0) is 13.7. The van der Waals surface area contributed by atoms with Gasteiger partial charge in [0.2, 0.25) is 0 Å². The molecule has 5 nitrogen and oxygen atoms in total. The van der Waals surface area contributed by atoms with Gasteiger partial charge in [-0.05, 0) is 24.3 Å². The number of hydrogen-bond donors (Lipinski definition) is 0. The van der Waals surface area contributed by atoms with Crippen LogP contribution in [0.4, 0.5) is 0 Å². The standard InChI is InChI=1S/C14H15NO4/c1-17-7-8-19-13-5-6-15-12-9-10(14(16)18-2)3-4-11(12)13/h3-6,9H,7-8H2,1-2H3. The number of methoxy groups -OCH3 is 2. The number of fused-ring (bicyclic) bond motifs is 1. The Balaban J connectivity index is 2.32. The zero-order valence-electron chi connectivity index (χ0n) is 10.9. The summed E-state index contributed by atoms with van der Waals surface area (Å²) in [6.45, 7) is 0.985. The predicted octanol–water partition coefficient (Wildman–Crippen LogP) is 2.05. The summed E-state index contributed by atoms with van der Waals surface area (Å²) in [5.74, 6) is 0.341. The molecule has 5 heteroatoms. The molecule has 0 spiro atoms. The third-order valence-corrected chi connectivity index (χ3v) is 2.67. The number of benzene rings is 1. The van der Waals surface area contributed by atoms with Crippen molar-refractivity contribution in [2.24, 2.45) is 0 Å². The molecule has 0 saturated heterocycles. The predicted molar refractivity (Wildman–Crippen MR) is 70.5 cm³/mol. The van der Waals surface area contributed by atoms with Crippen LogP contribution in [0.2, 0.25) is 0 Å². The van der Waals surface area contributed by atoms with E-state index in [1.165, 1.54) is 7.11 Å². The minimum Gasteiger partial charge on any atom is -0.490 e.